The summed E-state index contributed by atoms with van der Waals surface area (Å²) in [6, 6.07) is 13.9. The highest BCUT2D eigenvalue weighted by molar-refractivity contribution is 5.88. The number of aryl methyl sites for hydroxylation is 2. The molecule has 1 atom stereocenters. The number of hydrogen-bond donors (Lipinski definition) is 2. The average molecular weight is 394 g/mol. The van der Waals surface area contributed by atoms with Gasteiger partial charge in [0.05, 0.1) is 5.39 Å². The van der Waals surface area contributed by atoms with E-state index in [4.69, 9.17) is 9.52 Å². The minimum atomic E-state index is -0.979. The molecule has 1 unspecified atom stereocenters. The van der Waals surface area contributed by atoms with Crippen LogP contribution in [0.15, 0.2) is 51.7 Å². The molecule has 0 amide bonds. The standard InChI is InChI=1S/C24H26O5/c1-15(7-6-10-17-8-4-3-5-9-17)18-13-20(25)23-16(2)19(11-12-22(26)27)24(28)29-21(23)14-18/h3-5,8-9,13-15,25H,6-7,10-12H2,1-2H3,(H,26,27). The molecular formula is C24H26O5. The van der Waals surface area contributed by atoms with Gasteiger partial charge in [0, 0.05) is 12.0 Å². The molecule has 5 nitrogen and oxygen atoms in total. The summed E-state index contributed by atoms with van der Waals surface area (Å²) >= 11 is 0. The van der Waals surface area contributed by atoms with Crippen LogP contribution in [0.4, 0.5) is 0 Å². The fourth-order valence-corrected chi connectivity index (χ4v) is 3.77. The Kier molecular flexibility index (Phi) is 6.37. The Hall–Kier alpha value is -3.08. The maximum absolute atomic E-state index is 12.3. The molecule has 2 N–H and O–H groups in total. The predicted octanol–water partition coefficient (Wildman–Crippen LogP) is 4.95. The van der Waals surface area contributed by atoms with Crippen molar-refractivity contribution in [3.63, 3.8) is 0 Å². The number of aromatic hydroxyl groups is 1. The highest BCUT2D eigenvalue weighted by atomic mass is 16.4. The van der Waals surface area contributed by atoms with Gasteiger partial charge >= 0.3 is 11.6 Å². The van der Waals surface area contributed by atoms with Gasteiger partial charge in [-0.2, -0.15) is 0 Å². The third kappa shape index (κ3) is 4.86. The van der Waals surface area contributed by atoms with E-state index in [1.54, 1.807) is 13.0 Å². The van der Waals surface area contributed by atoms with Gasteiger partial charge in [-0.05, 0) is 67.3 Å². The first-order valence-electron chi connectivity index (χ1n) is 9.91. The van der Waals surface area contributed by atoms with Crippen LogP contribution < -0.4 is 5.63 Å². The molecule has 0 aliphatic carbocycles. The number of aliphatic carboxylic acids is 1. The Morgan fingerprint density at radius 1 is 1.14 bits per heavy atom. The smallest absolute Gasteiger partial charge is 0.339 e. The van der Waals surface area contributed by atoms with Crippen LogP contribution in [0.3, 0.4) is 0 Å². The van der Waals surface area contributed by atoms with E-state index in [9.17, 15) is 14.7 Å². The minimum absolute atomic E-state index is 0.0604. The number of carboxylic acids is 1. The molecular weight excluding hydrogens is 368 g/mol. The largest absolute Gasteiger partial charge is 0.507 e. The summed E-state index contributed by atoms with van der Waals surface area (Å²) in [5, 5.41) is 20.0. The average Bonchev–Trinajstić information content (AvgIpc) is 2.67. The second-order valence-corrected chi connectivity index (χ2v) is 7.58. The van der Waals surface area contributed by atoms with E-state index < -0.39 is 11.6 Å². The zero-order valence-electron chi connectivity index (χ0n) is 16.8. The summed E-state index contributed by atoms with van der Waals surface area (Å²) in [5.74, 6) is -0.718. The number of rotatable bonds is 8. The molecule has 3 rings (SSSR count). The van der Waals surface area contributed by atoms with Crippen LogP contribution >= 0.6 is 0 Å². The van der Waals surface area contributed by atoms with Gasteiger partial charge in [0.1, 0.15) is 11.3 Å². The number of phenolic OH excluding ortho intramolecular Hbond substituents is 1. The van der Waals surface area contributed by atoms with Gasteiger partial charge in [0.2, 0.25) is 0 Å². The van der Waals surface area contributed by atoms with E-state index in [2.05, 4.69) is 19.1 Å². The van der Waals surface area contributed by atoms with Crippen LogP contribution in [-0.2, 0) is 17.6 Å². The lowest BCUT2D eigenvalue weighted by Gasteiger charge is -2.15. The van der Waals surface area contributed by atoms with Crippen molar-refractivity contribution in [2.45, 2.75) is 51.9 Å². The molecule has 0 radical (unpaired) electrons. The predicted molar refractivity (Wildman–Crippen MR) is 113 cm³/mol. The van der Waals surface area contributed by atoms with Crippen LogP contribution in [-0.4, -0.2) is 16.2 Å². The fourth-order valence-electron chi connectivity index (χ4n) is 3.77. The number of carbonyl (C=O) groups is 1. The van der Waals surface area contributed by atoms with Crippen molar-refractivity contribution in [2.24, 2.45) is 0 Å². The molecule has 1 aromatic heterocycles. The summed E-state index contributed by atoms with van der Waals surface area (Å²) in [6.07, 6.45) is 2.87. The van der Waals surface area contributed by atoms with Crippen molar-refractivity contribution in [2.75, 3.05) is 0 Å². The molecule has 0 saturated carbocycles. The quantitative estimate of drug-likeness (QED) is 0.528. The summed E-state index contributed by atoms with van der Waals surface area (Å²) in [7, 11) is 0. The van der Waals surface area contributed by atoms with Gasteiger partial charge in [0.25, 0.3) is 0 Å². The van der Waals surface area contributed by atoms with Crippen LogP contribution in [0, 0.1) is 6.92 Å². The third-order valence-electron chi connectivity index (χ3n) is 5.48. The van der Waals surface area contributed by atoms with Gasteiger partial charge in [-0.1, -0.05) is 37.3 Å². The SMILES string of the molecule is Cc1c(CCC(=O)O)c(=O)oc2cc(C(C)CCCc3ccccc3)cc(O)c12. The lowest BCUT2D eigenvalue weighted by atomic mass is 9.92. The molecule has 0 aliphatic rings. The first-order valence-corrected chi connectivity index (χ1v) is 9.91. The fraction of sp³-hybridized carbons (Fsp3) is 0.333. The summed E-state index contributed by atoms with van der Waals surface area (Å²) in [5.41, 5.74) is 2.92. The van der Waals surface area contributed by atoms with Crippen molar-refractivity contribution in [3.05, 3.63) is 75.1 Å². The lowest BCUT2D eigenvalue weighted by molar-refractivity contribution is -0.136. The van der Waals surface area contributed by atoms with Gasteiger partial charge in [-0.25, -0.2) is 4.79 Å². The minimum Gasteiger partial charge on any atom is -0.507 e. The zero-order chi connectivity index (χ0) is 21.0. The molecule has 2 aromatic carbocycles. The van der Waals surface area contributed by atoms with Gasteiger partial charge in [0.15, 0.2) is 0 Å². The van der Waals surface area contributed by atoms with Gasteiger partial charge in [-0.15, -0.1) is 0 Å². The monoisotopic (exact) mass is 394 g/mol. The molecule has 0 saturated heterocycles. The van der Waals surface area contributed by atoms with E-state index in [1.165, 1.54) is 5.56 Å². The van der Waals surface area contributed by atoms with Crippen molar-refractivity contribution in [3.8, 4) is 5.75 Å². The molecule has 0 bridgehead atoms. The van der Waals surface area contributed by atoms with Crippen molar-refractivity contribution in [1.82, 2.24) is 0 Å². The van der Waals surface area contributed by atoms with Crippen molar-refractivity contribution >= 4 is 16.9 Å². The van der Waals surface area contributed by atoms with E-state index >= 15 is 0 Å². The number of phenols is 1. The number of hydrogen-bond acceptors (Lipinski definition) is 4. The first-order chi connectivity index (χ1) is 13.9. The summed E-state index contributed by atoms with van der Waals surface area (Å²) < 4.78 is 5.44. The molecule has 152 valence electrons. The summed E-state index contributed by atoms with van der Waals surface area (Å²) in [6.45, 7) is 3.82. The zero-order valence-corrected chi connectivity index (χ0v) is 16.8. The van der Waals surface area contributed by atoms with Gasteiger partial charge < -0.3 is 14.6 Å². The number of benzene rings is 2. The first kappa shape index (κ1) is 20.6. The Balaban J connectivity index is 1.82. The normalized spacial score (nSPS) is 12.2. The number of fused-ring (bicyclic) bond motifs is 1. The topological polar surface area (TPSA) is 87.7 Å². The van der Waals surface area contributed by atoms with E-state index in [1.807, 2.05) is 24.3 Å². The Morgan fingerprint density at radius 3 is 2.55 bits per heavy atom. The van der Waals surface area contributed by atoms with Crippen LogP contribution in [0.2, 0.25) is 0 Å². The molecule has 0 aliphatic heterocycles. The Morgan fingerprint density at radius 2 is 1.86 bits per heavy atom. The lowest BCUT2D eigenvalue weighted by Crippen LogP contribution is -2.12. The van der Waals surface area contributed by atoms with Crippen LogP contribution in [0.1, 0.15) is 54.4 Å². The molecule has 29 heavy (non-hydrogen) atoms. The van der Waals surface area contributed by atoms with Crippen LogP contribution in [0.5, 0.6) is 5.75 Å². The van der Waals surface area contributed by atoms with E-state index in [0.29, 0.717) is 22.1 Å². The third-order valence-corrected chi connectivity index (χ3v) is 5.48. The molecule has 3 aromatic rings. The summed E-state index contributed by atoms with van der Waals surface area (Å²) in [4.78, 5) is 23.2. The van der Waals surface area contributed by atoms with E-state index in [0.717, 1.165) is 24.8 Å². The number of carboxylic acid groups (broad SMARTS) is 1. The Labute approximate surface area is 169 Å². The van der Waals surface area contributed by atoms with Crippen molar-refractivity contribution < 1.29 is 19.4 Å². The highest BCUT2D eigenvalue weighted by Crippen LogP contribution is 2.34. The molecule has 1 heterocycles. The maximum atomic E-state index is 12.3. The molecule has 5 heteroatoms. The maximum Gasteiger partial charge on any atom is 0.339 e. The second kappa shape index (κ2) is 8.95. The van der Waals surface area contributed by atoms with E-state index in [-0.39, 0.29) is 24.5 Å². The van der Waals surface area contributed by atoms with Crippen LogP contribution in [0.25, 0.3) is 11.0 Å². The molecule has 0 spiro atoms. The highest BCUT2D eigenvalue weighted by Gasteiger charge is 2.18. The van der Waals surface area contributed by atoms with Crippen molar-refractivity contribution in [1.29, 1.82) is 0 Å². The molecule has 0 fully saturated rings. The Bertz CT molecular complexity index is 1070. The second-order valence-electron chi connectivity index (χ2n) is 7.58. The van der Waals surface area contributed by atoms with Gasteiger partial charge in [-0.3, -0.25) is 4.79 Å².